The lowest BCUT2D eigenvalue weighted by Crippen LogP contribution is -2.36. The summed E-state index contributed by atoms with van der Waals surface area (Å²) < 4.78 is 23.1. The van der Waals surface area contributed by atoms with Crippen molar-refractivity contribution in [2.24, 2.45) is 4.99 Å². The molecule has 0 aliphatic carbocycles. The highest BCUT2D eigenvalue weighted by Crippen LogP contribution is 2.14. The van der Waals surface area contributed by atoms with Crippen LogP contribution in [-0.4, -0.2) is 45.7 Å². The van der Waals surface area contributed by atoms with E-state index >= 15 is 0 Å². The molecule has 0 spiro atoms. The summed E-state index contributed by atoms with van der Waals surface area (Å²) in [5, 5.41) is 6.59. The molecule has 0 saturated carbocycles. The molecule has 0 atom stereocenters. The maximum atomic E-state index is 11.6. The van der Waals surface area contributed by atoms with E-state index in [0.29, 0.717) is 23.9 Å². The van der Waals surface area contributed by atoms with Crippen LogP contribution in [0.1, 0.15) is 36.0 Å². The van der Waals surface area contributed by atoms with Gasteiger partial charge in [-0.15, -0.1) is 24.0 Å². The average Bonchev–Trinajstić information content (AvgIpc) is 2.75. The maximum absolute atomic E-state index is 11.6. The third-order valence-corrected chi connectivity index (χ3v) is 6.50. The molecule has 170 valence electrons. The van der Waals surface area contributed by atoms with Gasteiger partial charge in [-0.2, -0.15) is 0 Å². The van der Waals surface area contributed by atoms with Gasteiger partial charge in [0.15, 0.2) is 15.8 Å². The zero-order valence-electron chi connectivity index (χ0n) is 18.3. The molecule has 8 heteroatoms. The zero-order chi connectivity index (χ0) is 21.4. The van der Waals surface area contributed by atoms with Crippen LogP contribution in [0, 0.1) is 0 Å². The number of guanidine groups is 1. The summed E-state index contributed by atoms with van der Waals surface area (Å²) in [6, 6.07) is 15.7. The van der Waals surface area contributed by atoms with Gasteiger partial charge < -0.3 is 10.6 Å². The Bertz CT molecular complexity index is 939. The largest absolute Gasteiger partial charge is 0.352 e. The minimum atomic E-state index is -3.17. The highest BCUT2D eigenvalue weighted by atomic mass is 127. The van der Waals surface area contributed by atoms with E-state index in [1.54, 1.807) is 19.2 Å². The van der Waals surface area contributed by atoms with Crippen molar-refractivity contribution < 1.29 is 8.42 Å². The number of sulfone groups is 1. The third kappa shape index (κ3) is 8.42. The number of aliphatic imine (C=N–C) groups is 1. The van der Waals surface area contributed by atoms with Gasteiger partial charge in [0, 0.05) is 32.9 Å². The molecule has 0 unspecified atom stereocenters. The lowest BCUT2D eigenvalue weighted by atomic mass is 10.1. The van der Waals surface area contributed by atoms with Gasteiger partial charge in [0.1, 0.15) is 0 Å². The average molecular weight is 557 g/mol. The van der Waals surface area contributed by atoms with Crippen LogP contribution in [0.4, 0.5) is 0 Å². The summed E-state index contributed by atoms with van der Waals surface area (Å²) >= 11 is 0. The van der Waals surface area contributed by atoms with Gasteiger partial charge in [-0.25, -0.2) is 8.42 Å². The Morgan fingerprint density at radius 1 is 0.871 bits per heavy atom. The molecule has 0 amide bonds. The molecule has 2 aromatic rings. The summed E-state index contributed by atoms with van der Waals surface area (Å²) in [4.78, 5) is 7.13. The van der Waals surface area contributed by atoms with Crippen molar-refractivity contribution in [3.8, 4) is 0 Å². The number of benzene rings is 2. The monoisotopic (exact) mass is 556 g/mol. The molecule has 6 nitrogen and oxygen atoms in total. The standard InChI is InChI=1S/C23H32N4O2S.HI/c1-24-23(26-17-20-10-12-22(13-11-20)30(2,28)29)25-16-19-6-8-21(9-7-19)18-27-14-4-3-5-15-27;/h6-13H,3-5,14-18H2,1-2H3,(H2,24,25,26);1H. The second-order valence-electron chi connectivity index (χ2n) is 7.85. The van der Waals surface area contributed by atoms with Crippen LogP contribution in [0.2, 0.25) is 0 Å². The summed E-state index contributed by atoms with van der Waals surface area (Å²) in [6.45, 7) is 4.72. The molecule has 2 N–H and O–H groups in total. The first kappa shape index (κ1) is 25.6. The predicted molar refractivity (Wildman–Crippen MR) is 138 cm³/mol. The van der Waals surface area contributed by atoms with E-state index in [-0.39, 0.29) is 24.0 Å². The van der Waals surface area contributed by atoms with Crippen LogP contribution in [0.25, 0.3) is 0 Å². The first-order valence-electron chi connectivity index (χ1n) is 10.5. The number of rotatable bonds is 7. The topological polar surface area (TPSA) is 73.8 Å². The van der Waals surface area contributed by atoms with Gasteiger partial charge in [-0.05, 0) is 54.8 Å². The SMILES string of the molecule is CN=C(NCc1ccc(CN2CCCCC2)cc1)NCc1ccc(S(C)(=O)=O)cc1.I. The lowest BCUT2D eigenvalue weighted by molar-refractivity contribution is 0.221. The molecule has 1 aliphatic heterocycles. The fraction of sp³-hybridized carbons (Fsp3) is 0.435. The van der Waals surface area contributed by atoms with E-state index in [9.17, 15) is 8.42 Å². The van der Waals surface area contributed by atoms with Gasteiger partial charge in [0.2, 0.25) is 0 Å². The number of hydrogen-bond donors (Lipinski definition) is 2. The van der Waals surface area contributed by atoms with Crippen molar-refractivity contribution in [1.82, 2.24) is 15.5 Å². The number of piperidine rings is 1. The number of likely N-dealkylation sites (tertiary alicyclic amines) is 1. The molecule has 3 rings (SSSR count). The summed E-state index contributed by atoms with van der Waals surface area (Å²) in [5.74, 6) is 0.708. The van der Waals surface area contributed by atoms with Crippen LogP contribution >= 0.6 is 24.0 Å². The van der Waals surface area contributed by atoms with Gasteiger partial charge in [-0.3, -0.25) is 9.89 Å². The predicted octanol–water partition coefficient (Wildman–Crippen LogP) is 3.56. The molecular formula is C23H33IN4O2S. The van der Waals surface area contributed by atoms with Crippen molar-refractivity contribution in [3.05, 3.63) is 65.2 Å². The van der Waals surface area contributed by atoms with Crippen LogP contribution in [0.5, 0.6) is 0 Å². The Labute approximate surface area is 203 Å². The minimum absolute atomic E-state index is 0. The van der Waals surface area contributed by atoms with Crippen molar-refractivity contribution in [1.29, 1.82) is 0 Å². The van der Waals surface area contributed by atoms with Gasteiger partial charge in [-0.1, -0.05) is 42.8 Å². The molecule has 0 aromatic heterocycles. The van der Waals surface area contributed by atoms with E-state index < -0.39 is 9.84 Å². The second-order valence-corrected chi connectivity index (χ2v) is 9.86. The Morgan fingerprint density at radius 3 is 1.84 bits per heavy atom. The van der Waals surface area contributed by atoms with Gasteiger partial charge >= 0.3 is 0 Å². The first-order chi connectivity index (χ1) is 14.4. The molecule has 1 heterocycles. The molecule has 1 fully saturated rings. The van der Waals surface area contributed by atoms with E-state index in [2.05, 4.69) is 44.8 Å². The number of hydrogen-bond acceptors (Lipinski definition) is 4. The zero-order valence-corrected chi connectivity index (χ0v) is 21.4. The van der Waals surface area contributed by atoms with E-state index in [0.717, 1.165) is 12.1 Å². The molecule has 31 heavy (non-hydrogen) atoms. The number of halogens is 1. The normalized spacial score (nSPS) is 15.2. The highest BCUT2D eigenvalue weighted by Gasteiger charge is 2.10. The summed E-state index contributed by atoms with van der Waals surface area (Å²) in [7, 11) is -1.43. The molecule has 2 aromatic carbocycles. The highest BCUT2D eigenvalue weighted by molar-refractivity contribution is 14.0. The Kier molecular flexibility index (Phi) is 10.2. The Balaban J connectivity index is 0.00000341. The van der Waals surface area contributed by atoms with Crippen molar-refractivity contribution in [3.63, 3.8) is 0 Å². The van der Waals surface area contributed by atoms with Crippen LogP contribution < -0.4 is 10.6 Å². The van der Waals surface area contributed by atoms with Crippen LogP contribution in [0.3, 0.4) is 0 Å². The molecular weight excluding hydrogens is 523 g/mol. The maximum Gasteiger partial charge on any atom is 0.191 e. The Morgan fingerprint density at radius 2 is 1.35 bits per heavy atom. The number of nitrogens with one attached hydrogen (secondary N) is 2. The van der Waals surface area contributed by atoms with Crippen LogP contribution in [0.15, 0.2) is 58.4 Å². The molecule has 0 bridgehead atoms. The fourth-order valence-corrected chi connectivity index (χ4v) is 4.22. The van der Waals surface area contributed by atoms with E-state index in [1.807, 2.05) is 12.1 Å². The second kappa shape index (κ2) is 12.4. The molecule has 1 saturated heterocycles. The van der Waals surface area contributed by atoms with E-state index in [1.165, 1.54) is 49.7 Å². The third-order valence-electron chi connectivity index (χ3n) is 5.37. The summed E-state index contributed by atoms with van der Waals surface area (Å²) in [6.07, 6.45) is 5.21. The molecule has 0 radical (unpaired) electrons. The Hall–Kier alpha value is -1.65. The van der Waals surface area contributed by atoms with E-state index in [4.69, 9.17) is 0 Å². The fourth-order valence-electron chi connectivity index (χ4n) is 3.58. The number of nitrogens with zero attached hydrogens (tertiary/aromatic N) is 2. The smallest absolute Gasteiger partial charge is 0.191 e. The molecule has 1 aliphatic rings. The summed E-state index contributed by atoms with van der Waals surface area (Å²) in [5.41, 5.74) is 3.56. The lowest BCUT2D eigenvalue weighted by Gasteiger charge is -2.26. The van der Waals surface area contributed by atoms with Gasteiger partial charge in [0.05, 0.1) is 4.90 Å². The van der Waals surface area contributed by atoms with Gasteiger partial charge in [0.25, 0.3) is 0 Å². The van der Waals surface area contributed by atoms with Crippen molar-refractivity contribution in [2.45, 2.75) is 43.8 Å². The first-order valence-corrected chi connectivity index (χ1v) is 12.4. The van der Waals surface area contributed by atoms with Crippen molar-refractivity contribution >= 4 is 39.8 Å². The minimum Gasteiger partial charge on any atom is -0.352 e. The quantitative estimate of drug-likeness (QED) is 0.310. The van der Waals surface area contributed by atoms with Crippen molar-refractivity contribution in [2.75, 3.05) is 26.4 Å². The van der Waals surface area contributed by atoms with Crippen LogP contribution in [-0.2, 0) is 29.5 Å².